The van der Waals surface area contributed by atoms with Crippen molar-refractivity contribution in [1.29, 1.82) is 0 Å². The Morgan fingerprint density at radius 3 is 2.32 bits per heavy atom. The summed E-state index contributed by atoms with van der Waals surface area (Å²) in [4.78, 5) is 11.7. The predicted octanol–water partition coefficient (Wildman–Crippen LogP) is 1.86. The van der Waals surface area contributed by atoms with Gasteiger partial charge in [-0.1, -0.05) is 38.1 Å². The van der Waals surface area contributed by atoms with Gasteiger partial charge in [-0.15, -0.1) is 0 Å². The molecule has 0 aromatic heterocycles. The molecule has 0 heterocycles. The zero-order chi connectivity index (χ0) is 14.3. The Hall–Kier alpha value is -1.39. The molecule has 0 aliphatic heterocycles. The van der Waals surface area contributed by atoms with Gasteiger partial charge in [-0.05, 0) is 23.5 Å². The number of rotatable bonds is 7. The van der Waals surface area contributed by atoms with Gasteiger partial charge in [0.1, 0.15) is 6.04 Å². The number of ether oxygens (including phenoxy) is 1. The van der Waals surface area contributed by atoms with Crippen molar-refractivity contribution in [3.05, 3.63) is 35.4 Å². The maximum atomic E-state index is 11.7. The molecular formula is C15H23NO3. The van der Waals surface area contributed by atoms with E-state index in [0.29, 0.717) is 12.5 Å². The normalized spacial score (nSPS) is 12.5. The fourth-order valence-electron chi connectivity index (χ4n) is 1.88. The van der Waals surface area contributed by atoms with Gasteiger partial charge in [-0.3, -0.25) is 4.79 Å². The molecule has 1 aromatic rings. The molecule has 0 bridgehead atoms. The van der Waals surface area contributed by atoms with Gasteiger partial charge in [0, 0.05) is 6.54 Å². The Morgan fingerprint density at radius 1 is 1.26 bits per heavy atom. The zero-order valence-electron chi connectivity index (χ0n) is 11.8. The van der Waals surface area contributed by atoms with Crippen LogP contribution in [0.4, 0.5) is 0 Å². The highest BCUT2D eigenvalue weighted by Gasteiger charge is 2.19. The molecule has 1 aromatic carbocycles. The Kier molecular flexibility index (Phi) is 6.53. The van der Waals surface area contributed by atoms with Crippen molar-refractivity contribution in [2.75, 3.05) is 7.11 Å². The smallest absolute Gasteiger partial charge is 0.322 e. The number of carbonyl (C=O) groups is 1. The summed E-state index contributed by atoms with van der Waals surface area (Å²) in [6.07, 6.45) is 0.751. The molecule has 4 nitrogen and oxygen atoms in total. The Bertz CT molecular complexity index is 387. The molecule has 0 spiro atoms. The minimum atomic E-state index is -0.275. The number of methoxy groups -OCH3 is 1. The van der Waals surface area contributed by atoms with Crippen molar-refractivity contribution in [1.82, 2.24) is 5.32 Å². The van der Waals surface area contributed by atoms with Crippen LogP contribution in [0, 0.1) is 5.92 Å². The van der Waals surface area contributed by atoms with Gasteiger partial charge in [0.15, 0.2) is 0 Å². The van der Waals surface area contributed by atoms with Crippen molar-refractivity contribution < 1.29 is 14.6 Å². The molecule has 19 heavy (non-hydrogen) atoms. The molecule has 0 amide bonds. The van der Waals surface area contributed by atoms with Gasteiger partial charge >= 0.3 is 5.97 Å². The van der Waals surface area contributed by atoms with Crippen LogP contribution in [-0.4, -0.2) is 24.2 Å². The summed E-state index contributed by atoms with van der Waals surface area (Å²) >= 11 is 0. The summed E-state index contributed by atoms with van der Waals surface area (Å²) in [6, 6.07) is 7.38. The lowest BCUT2D eigenvalue weighted by molar-refractivity contribution is -0.143. The monoisotopic (exact) mass is 265 g/mol. The quantitative estimate of drug-likeness (QED) is 0.739. The van der Waals surface area contributed by atoms with Gasteiger partial charge in [0.25, 0.3) is 0 Å². The van der Waals surface area contributed by atoms with Crippen LogP contribution in [0.25, 0.3) is 0 Å². The maximum absolute atomic E-state index is 11.7. The van der Waals surface area contributed by atoms with Crippen molar-refractivity contribution in [3.8, 4) is 0 Å². The lowest BCUT2D eigenvalue weighted by Crippen LogP contribution is -2.38. The standard InChI is InChI=1S/C15H23NO3/c1-11(2)8-14(15(18)19-3)16-9-12-4-6-13(10-17)7-5-12/h4-7,11,14,16-17H,8-10H2,1-3H3. The largest absolute Gasteiger partial charge is 0.468 e. The molecule has 0 aliphatic carbocycles. The number of aliphatic hydroxyl groups excluding tert-OH is 1. The first-order valence-electron chi connectivity index (χ1n) is 6.56. The third-order valence-electron chi connectivity index (χ3n) is 2.95. The maximum Gasteiger partial charge on any atom is 0.322 e. The van der Waals surface area contributed by atoms with E-state index in [0.717, 1.165) is 17.5 Å². The van der Waals surface area contributed by atoms with Crippen LogP contribution in [0.1, 0.15) is 31.4 Å². The van der Waals surface area contributed by atoms with E-state index in [9.17, 15) is 4.79 Å². The number of aliphatic hydroxyl groups is 1. The minimum absolute atomic E-state index is 0.0475. The molecule has 0 radical (unpaired) electrons. The second-order valence-corrected chi connectivity index (χ2v) is 5.06. The zero-order valence-corrected chi connectivity index (χ0v) is 11.8. The molecule has 2 N–H and O–H groups in total. The molecule has 4 heteroatoms. The number of hydrogen-bond donors (Lipinski definition) is 2. The van der Waals surface area contributed by atoms with E-state index < -0.39 is 0 Å². The lowest BCUT2D eigenvalue weighted by Gasteiger charge is -2.18. The molecule has 0 saturated carbocycles. The average molecular weight is 265 g/mol. The van der Waals surface area contributed by atoms with Gasteiger partial charge < -0.3 is 15.2 Å². The lowest BCUT2D eigenvalue weighted by atomic mass is 10.0. The minimum Gasteiger partial charge on any atom is -0.468 e. The van der Waals surface area contributed by atoms with Crippen molar-refractivity contribution in [2.45, 2.75) is 39.5 Å². The SMILES string of the molecule is COC(=O)C(CC(C)C)NCc1ccc(CO)cc1. The van der Waals surface area contributed by atoms with E-state index in [-0.39, 0.29) is 18.6 Å². The van der Waals surface area contributed by atoms with E-state index in [1.807, 2.05) is 24.3 Å². The average Bonchev–Trinajstić information content (AvgIpc) is 2.42. The van der Waals surface area contributed by atoms with Crippen LogP contribution < -0.4 is 5.32 Å². The van der Waals surface area contributed by atoms with Crippen molar-refractivity contribution >= 4 is 5.97 Å². The van der Waals surface area contributed by atoms with Gasteiger partial charge in [0.05, 0.1) is 13.7 Å². The first-order valence-corrected chi connectivity index (χ1v) is 6.56. The number of nitrogens with one attached hydrogen (secondary N) is 1. The van der Waals surface area contributed by atoms with E-state index in [1.165, 1.54) is 7.11 Å². The third-order valence-corrected chi connectivity index (χ3v) is 2.95. The van der Waals surface area contributed by atoms with Gasteiger partial charge in [0.2, 0.25) is 0 Å². The second kappa shape index (κ2) is 7.92. The fraction of sp³-hybridized carbons (Fsp3) is 0.533. The molecule has 0 fully saturated rings. The van der Waals surface area contributed by atoms with Crippen LogP contribution in [-0.2, 0) is 22.7 Å². The summed E-state index contributed by atoms with van der Waals surface area (Å²) in [6.45, 7) is 4.81. The molecule has 0 saturated heterocycles. The number of benzene rings is 1. The number of esters is 1. The summed E-state index contributed by atoms with van der Waals surface area (Å²) in [7, 11) is 1.41. The van der Waals surface area contributed by atoms with E-state index in [1.54, 1.807) is 0 Å². The summed E-state index contributed by atoms with van der Waals surface area (Å²) < 4.78 is 4.80. The molecule has 1 rings (SSSR count). The molecular weight excluding hydrogens is 242 g/mol. The topological polar surface area (TPSA) is 58.6 Å². The van der Waals surface area contributed by atoms with Crippen molar-refractivity contribution in [2.24, 2.45) is 5.92 Å². The summed E-state index contributed by atoms with van der Waals surface area (Å²) in [5, 5.41) is 12.2. The highest BCUT2D eigenvalue weighted by molar-refractivity contribution is 5.75. The highest BCUT2D eigenvalue weighted by Crippen LogP contribution is 2.09. The van der Waals surface area contributed by atoms with E-state index >= 15 is 0 Å². The fourth-order valence-corrected chi connectivity index (χ4v) is 1.88. The molecule has 1 atom stereocenters. The van der Waals surface area contributed by atoms with Crippen LogP contribution in [0.3, 0.4) is 0 Å². The predicted molar refractivity (Wildman–Crippen MR) is 74.5 cm³/mol. The van der Waals surface area contributed by atoms with Gasteiger partial charge in [-0.2, -0.15) is 0 Å². The molecule has 106 valence electrons. The van der Waals surface area contributed by atoms with Gasteiger partial charge in [-0.25, -0.2) is 0 Å². The van der Waals surface area contributed by atoms with Crippen LogP contribution in [0.2, 0.25) is 0 Å². The van der Waals surface area contributed by atoms with Crippen LogP contribution in [0.5, 0.6) is 0 Å². The van der Waals surface area contributed by atoms with E-state index in [4.69, 9.17) is 9.84 Å². The number of hydrogen-bond acceptors (Lipinski definition) is 4. The van der Waals surface area contributed by atoms with Crippen molar-refractivity contribution in [3.63, 3.8) is 0 Å². The van der Waals surface area contributed by atoms with Crippen LogP contribution >= 0.6 is 0 Å². The molecule has 1 unspecified atom stereocenters. The summed E-state index contributed by atoms with van der Waals surface area (Å²) in [5.74, 6) is 0.203. The second-order valence-electron chi connectivity index (χ2n) is 5.06. The Labute approximate surface area is 114 Å². The summed E-state index contributed by atoms with van der Waals surface area (Å²) in [5.41, 5.74) is 1.96. The third kappa shape index (κ3) is 5.41. The highest BCUT2D eigenvalue weighted by atomic mass is 16.5. The Morgan fingerprint density at radius 2 is 1.84 bits per heavy atom. The Balaban J connectivity index is 2.56. The van der Waals surface area contributed by atoms with E-state index in [2.05, 4.69) is 19.2 Å². The first kappa shape index (κ1) is 15.7. The molecule has 0 aliphatic rings. The van der Waals surface area contributed by atoms with Crippen LogP contribution in [0.15, 0.2) is 24.3 Å². The first-order chi connectivity index (χ1) is 9.06. The number of carbonyl (C=O) groups excluding carboxylic acids is 1.